The minimum Gasteiger partial charge on any atom is -0.352 e. The van der Waals surface area contributed by atoms with Gasteiger partial charge in [-0.05, 0) is 57.8 Å². The summed E-state index contributed by atoms with van der Waals surface area (Å²) in [6, 6.07) is 10.6. The number of hydrogen-bond acceptors (Lipinski definition) is 5. The molecule has 2 aromatic rings. The Bertz CT molecular complexity index is 753. The lowest BCUT2D eigenvalue weighted by Crippen LogP contribution is -2.32. The third kappa shape index (κ3) is 4.10. The third-order valence-corrected chi connectivity index (χ3v) is 5.90. The molecule has 0 spiro atoms. The fourth-order valence-corrected chi connectivity index (χ4v) is 4.11. The number of carbonyl (C=O) groups is 1. The van der Waals surface area contributed by atoms with Crippen molar-refractivity contribution in [1.82, 2.24) is 25.0 Å². The summed E-state index contributed by atoms with van der Waals surface area (Å²) in [4.78, 5) is 14.8. The van der Waals surface area contributed by atoms with E-state index in [0.29, 0.717) is 6.04 Å². The van der Waals surface area contributed by atoms with Crippen molar-refractivity contribution in [2.45, 2.75) is 55.6 Å². The van der Waals surface area contributed by atoms with Gasteiger partial charge in [0.25, 0.3) is 0 Å². The van der Waals surface area contributed by atoms with Crippen molar-refractivity contribution in [1.29, 1.82) is 0 Å². The van der Waals surface area contributed by atoms with Gasteiger partial charge in [0, 0.05) is 11.7 Å². The first-order valence-electron chi connectivity index (χ1n) is 9.40. The fraction of sp³-hybridized carbons (Fsp3) is 0.526. The molecular weight excluding hydrogens is 346 g/mol. The Labute approximate surface area is 158 Å². The van der Waals surface area contributed by atoms with Crippen LogP contribution in [0.2, 0.25) is 0 Å². The van der Waals surface area contributed by atoms with E-state index in [9.17, 15) is 4.79 Å². The lowest BCUT2D eigenvalue weighted by molar-refractivity contribution is -0.120. The predicted octanol–water partition coefficient (Wildman–Crippen LogP) is 2.62. The average Bonchev–Trinajstić information content (AvgIpc) is 3.16. The highest BCUT2D eigenvalue weighted by Gasteiger charge is 2.27. The number of thioether (sulfide) groups is 1. The second kappa shape index (κ2) is 7.80. The van der Waals surface area contributed by atoms with Crippen LogP contribution in [0.25, 0.3) is 5.69 Å². The molecule has 1 saturated heterocycles. The maximum absolute atomic E-state index is 12.3. The van der Waals surface area contributed by atoms with Crippen molar-refractivity contribution in [2.24, 2.45) is 0 Å². The van der Waals surface area contributed by atoms with E-state index in [1.807, 2.05) is 25.1 Å². The van der Waals surface area contributed by atoms with Gasteiger partial charge in [-0.15, -0.1) is 10.2 Å². The molecule has 1 aromatic heterocycles. The summed E-state index contributed by atoms with van der Waals surface area (Å²) in [6.45, 7) is 4.96. The summed E-state index contributed by atoms with van der Waals surface area (Å²) < 4.78 is 2.10. The quantitative estimate of drug-likeness (QED) is 0.758. The molecule has 1 aliphatic carbocycles. The van der Waals surface area contributed by atoms with Crippen LogP contribution in [-0.4, -0.2) is 50.0 Å². The van der Waals surface area contributed by atoms with E-state index in [4.69, 9.17) is 0 Å². The highest BCUT2D eigenvalue weighted by atomic mass is 32.2. The van der Waals surface area contributed by atoms with Crippen LogP contribution in [0.15, 0.2) is 35.5 Å². The van der Waals surface area contributed by atoms with Crippen LogP contribution in [0.1, 0.15) is 38.4 Å². The minimum absolute atomic E-state index is 0.0844. The van der Waals surface area contributed by atoms with E-state index >= 15 is 0 Å². The van der Waals surface area contributed by atoms with E-state index < -0.39 is 0 Å². The first kappa shape index (κ1) is 17.5. The lowest BCUT2D eigenvalue weighted by atomic mass is 10.3. The Morgan fingerprint density at radius 1 is 1.23 bits per heavy atom. The molecule has 26 heavy (non-hydrogen) atoms. The number of amides is 1. The molecule has 1 saturated carbocycles. The largest absolute Gasteiger partial charge is 0.352 e. The van der Waals surface area contributed by atoms with E-state index in [1.54, 1.807) is 0 Å². The number of para-hydroxylation sites is 1. The normalized spacial score (nSPS) is 18.8. The van der Waals surface area contributed by atoms with Gasteiger partial charge in [0.05, 0.1) is 11.8 Å². The van der Waals surface area contributed by atoms with Gasteiger partial charge in [0.1, 0.15) is 0 Å². The fourth-order valence-electron chi connectivity index (χ4n) is 3.21. The second-order valence-electron chi connectivity index (χ2n) is 7.10. The van der Waals surface area contributed by atoms with Crippen LogP contribution in [0.3, 0.4) is 0 Å². The monoisotopic (exact) mass is 371 g/mol. The molecule has 1 unspecified atom stereocenters. The van der Waals surface area contributed by atoms with Crippen LogP contribution >= 0.6 is 11.8 Å². The number of hydrogen-bond donors (Lipinski definition) is 1. The van der Waals surface area contributed by atoms with Crippen molar-refractivity contribution in [3.05, 3.63) is 36.2 Å². The number of benzene rings is 1. The number of nitrogens with one attached hydrogen (secondary N) is 1. The summed E-state index contributed by atoms with van der Waals surface area (Å²) in [6.07, 6.45) is 4.70. The summed E-state index contributed by atoms with van der Waals surface area (Å²) >= 11 is 1.48. The lowest BCUT2D eigenvalue weighted by Gasteiger charge is -2.17. The van der Waals surface area contributed by atoms with Crippen molar-refractivity contribution in [2.75, 3.05) is 13.1 Å². The number of carbonyl (C=O) groups excluding carboxylic acids is 1. The van der Waals surface area contributed by atoms with Gasteiger partial charge >= 0.3 is 0 Å². The topological polar surface area (TPSA) is 63.1 Å². The molecule has 6 nitrogen and oxygen atoms in total. The van der Waals surface area contributed by atoms with Gasteiger partial charge < -0.3 is 5.32 Å². The van der Waals surface area contributed by atoms with E-state index in [1.165, 1.54) is 24.6 Å². The molecule has 0 radical (unpaired) electrons. The maximum atomic E-state index is 12.3. The van der Waals surface area contributed by atoms with Gasteiger partial charge in [0.2, 0.25) is 5.91 Å². The molecule has 1 aliphatic heterocycles. The van der Waals surface area contributed by atoms with Crippen LogP contribution in [-0.2, 0) is 11.3 Å². The first-order chi connectivity index (χ1) is 12.7. The van der Waals surface area contributed by atoms with Gasteiger partial charge in [-0.1, -0.05) is 30.0 Å². The SMILES string of the molecule is CC(Sc1nnc(CN2CCCC2)n1-c1ccccc1)C(=O)NC1CC1. The zero-order chi connectivity index (χ0) is 17.9. The van der Waals surface area contributed by atoms with Crippen molar-refractivity contribution in [3.63, 3.8) is 0 Å². The Morgan fingerprint density at radius 2 is 1.96 bits per heavy atom. The van der Waals surface area contributed by atoms with Crippen LogP contribution in [0, 0.1) is 0 Å². The van der Waals surface area contributed by atoms with Gasteiger partial charge in [-0.25, -0.2) is 0 Å². The summed E-state index contributed by atoms with van der Waals surface area (Å²) in [5, 5.41) is 12.5. The van der Waals surface area contributed by atoms with Crippen molar-refractivity contribution >= 4 is 17.7 Å². The maximum Gasteiger partial charge on any atom is 0.233 e. The Kier molecular flexibility index (Phi) is 5.26. The van der Waals surface area contributed by atoms with Gasteiger partial charge in [-0.2, -0.15) is 0 Å². The van der Waals surface area contributed by atoms with Crippen LogP contribution in [0.5, 0.6) is 0 Å². The molecule has 2 heterocycles. The zero-order valence-corrected chi connectivity index (χ0v) is 15.9. The molecule has 2 aliphatic rings. The molecule has 7 heteroatoms. The standard InChI is InChI=1S/C19H25N5OS/c1-14(18(25)20-15-9-10-15)26-19-22-21-17(13-23-11-5-6-12-23)24(19)16-7-3-2-4-8-16/h2-4,7-8,14-15H,5-6,9-13H2,1H3,(H,20,25). The molecule has 1 N–H and O–H groups in total. The predicted molar refractivity (Wildman–Crippen MR) is 102 cm³/mol. The van der Waals surface area contributed by atoms with E-state index in [2.05, 4.69) is 37.1 Å². The molecule has 0 bridgehead atoms. The molecule has 1 amide bonds. The number of aromatic nitrogens is 3. The highest BCUT2D eigenvalue weighted by Crippen LogP contribution is 2.28. The van der Waals surface area contributed by atoms with Crippen molar-refractivity contribution in [3.8, 4) is 5.69 Å². The molecular formula is C19H25N5OS. The van der Waals surface area contributed by atoms with E-state index in [0.717, 1.165) is 49.1 Å². The third-order valence-electron chi connectivity index (χ3n) is 4.85. The summed E-state index contributed by atoms with van der Waals surface area (Å²) in [5.74, 6) is 1.02. The van der Waals surface area contributed by atoms with Gasteiger partial charge in [0.15, 0.2) is 11.0 Å². The van der Waals surface area contributed by atoms with Crippen LogP contribution < -0.4 is 5.32 Å². The number of likely N-dealkylation sites (tertiary alicyclic amines) is 1. The van der Waals surface area contributed by atoms with Crippen LogP contribution in [0.4, 0.5) is 0 Å². The Morgan fingerprint density at radius 3 is 2.65 bits per heavy atom. The molecule has 1 aromatic carbocycles. The minimum atomic E-state index is -0.193. The number of rotatable bonds is 7. The second-order valence-corrected chi connectivity index (χ2v) is 8.40. The molecule has 1 atom stereocenters. The Balaban J connectivity index is 1.56. The number of nitrogens with zero attached hydrogens (tertiary/aromatic N) is 4. The Hall–Kier alpha value is -1.86. The summed E-state index contributed by atoms with van der Waals surface area (Å²) in [7, 11) is 0. The average molecular weight is 372 g/mol. The molecule has 138 valence electrons. The smallest absolute Gasteiger partial charge is 0.233 e. The highest BCUT2D eigenvalue weighted by molar-refractivity contribution is 8.00. The molecule has 4 rings (SSSR count). The van der Waals surface area contributed by atoms with Crippen molar-refractivity contribution < 1.29 is 4.79 Å². The summed E-state index contributed by atoms with van der Waals surface area (Å²) in [5.41, 5.74) is 1.05. The van der Waals surface area contributed by atoms with Gasteiger partial charge in [-0.3, -0.25) is 14.3 Å². The molecule has 2 fully saturated rings. The zero-order valence-electron chi connectivity index (χ0n) is 15.1. The first-order valence-corrected chi connectivity index (χ1v) is 10.3. The van der Waals surface area contributed by atoms with E-state index in [-0.39, 0.29) is 11.2 Å².